The van der Waals surface area contributed by atoms with Gasteiger partial charge in [-0.05, 0) is 61.6 Å². The Morgan fingerprint density at radius 2 is 2.14 bits per heavy atom. The van der Waals surface area contributed by atoms with Crippen molar-refractivity contribution in [1.82, 2.24) is 4.90 Å². The van der Waals surface area contributed by atoms with Crippen molar-refractivity contribution < 1.29 is 0 Å². The molecule has 3 heteroatoms. The number of piperidine rings is 1. The van der Waals surface area contributed by atoms with Gasteiger partial charge in [-0.1, -0.05) is 37.1 Å². The Bertz CT molecular complexity index is 486. The highest BCUT2D eigenvalue weighted by Gasteiger charge is 2.35. The highest BCUT2D eigenvalue weighted by Crippen LogP contribution is 2.35. The first-order chi connectivity index (χ1) is 10.7. The van der Waals surface area contributed by atoms with E-state index in [1.165, 1.54) is 37.8 Å². The van der Waals surface area contributed by atoms with Crippen LogP contribution in [0.1, 0.15) is 44.6 Å². The number of hydrogen-bond acceptors (Lipinski definition) is 2. The molecule has 3 unspecified atom stereocenters. The van der Waals surface area contributed by atoms with E-state index in [1.807, 2.05) is 6.07 Å². The average Bonchev–Trinajstić information content (AvgIpc) is 2.41. The lowest BCUT2D eigenvalue weighted by molar-refractivity contribution is 0.0466. The van der Waals surface area contributed by atoms with E-state index in [2.05, 4.69) is 30.0 Å². The summed E-state index contributed by atoms with van der Waals surface area (Å²) in [5.41, 5.74) is 7.73. The Kier molecular flexibility index (Phi) is 5.43. The van der Waals surface area contributed by atoms with Crippen molar-refractivity contribution in [2.24, 2.45) is 17.6 Å². The van der Waals surface area contributed by atoms with Crippen molar-refractivity contribution in [3.8, 4) is 0 Å². The number of rotatable bonds is 5. The van der Waals surface area contributed by atoms with Crippen LogP contribution in [0.4, 0.5) is 0 Å². The summed E-state index contributed by atoms with van der Waals surface area (Å²) in [7, 11) is 0. The lowest BCUT2D eigenvalue weighted by Crippen LogP contribution is -2.54. The van der Waals surface area contributed by atoms with Crippen LogP contribution in [-0.2, 0) is 6.42 Å². The molecule has 22 heavy (non-hydrogen) atoms. The normalized spacial score (nSPS) is 28.3. The molecule has 1 aliphatic carbocycles. The van der Waals surface area contributed by atoms with Crippen molar-refractivity contribution >= 4 is 11.6 Å². The first-order valence-electron chi connectivity index (χ1n) is 8.89. The second-order valence-electron chi connectivity index (χ2n) is 7.32. The van der Waals surface area contributed by atoms with Gasteiger partial charge in [0.2, 0.25) is 0 Å². The molecular formula is C19H29ClN2. The maximum atomic E-state index is 6.38. The minimum Gasteiger partial charge on any atom is -0.327 e. The zero-order valence-electron chi connectivity index (χ0n) is 13.7. The van der Waals surface area contributed by atoms with Crippen LogP contribution in [0.2, 0.25) is 5.02 Å². The van der Waals surface area contributed by atoms with Gasteiger partial charge >= 0.3 is 0 Å². The summed E-state index contributed by atoms with van der Waals surface area (Å²) in [4.78, 5) is 2.70. The summed E-state index contributed by atoms with van der Waals surface area (Å²) < 4.78 is 0. The molecule has 2 N–H and O–H groups in total. The summed E-state index contributed by atoms with van der Waals surface area (Å²) in [5, 5.41) is 0.843. The number of halogens is 1. The molecule has 2 aliphatic rings. The molecule has 3 rings (SSSR count). The molecule has 1 aliphatic heterocycles. The van der Waals surface area contributed by atoms with Crippen LogP contribution in [0.25, 0.3) is 0 Å². The molecular weight excluding hydrogens is 292 g/mol. The van der Waals surface area contributed by atoms with Crippen LogP contribution >= 0.6 is 11.6 Å². The lowest BCUT2D eigenvalue weighted by atomic mass is 9.76. The van der Waals surface area contributed by atoms with Gasteiger partial charge in [-0.25, -0.2) is 0 Å². The van der Waals surface area contributed by atoms with E-state index in [0.29, 0.717) is 12.0 Å². The fourth-order valence-corrected chi connectivity index (χ4v) is 4.63. The molecule has 0 aromatic heterocycles. The van der Waals surface area contributed by atoms with Crippen LogP contribution in [-0.4, -0.2) is 30.1 Å². The Morgan fingerprint density at radius 3 is 2.77 bits per heavy atom. The van der Waals surface area contributed by atoms with Crippen LogP contribution in [0, 0.1) is 11.8 Å². The van der Waals surface area contributed by atoms with Crippen molar-refractivity contribution in [1.29, 1.82) is 0 Å². The average molecular weight is 321 g/mol. The predicted octanol–water partition coefficient (Wildman–Crippen LogP) is 4.11. The van der Waals surface area contributed by atoms with Gasteiger partial charge in [0.1, 0.15) is 0 Å². The Balaban J connectivity index is 1.65. The minimum atomic E-state index is 0.326. The molecule has 0 spiro atoms. The van der Waals surface area contributed by atoms with E-state index < -0.39 is 0 Å². The molecule has 1 saturated carbocycles. The Labute approximate surface area is 140 Å². The number of nitrogens with zero attached hydrogens (tertiary/aromatic N) is 1. The van der Waals surface area contributed by atoms with Gasteiger partial charge in [0.05, 0.1) is 0 Å². The molecule has 1 aromatic rings. The molecule has 122 valence electrons. The highest BCUT2D eigenvalue weighted by atomic mass is 35.5. The fraction of sp³-hybridized carbons (Fsp3) is 0.684. The van der Waals surface area contributed by atoms with E-state index in [4.69, 9.17) is 17.3 Å². The number of hydrogen-bond donors (Lipinski definition) is 1. The van der Waals surface area contributed by atoms with Crippen LogP contribution in [0.15, 0.2) is 24.3 Å². The zero-order valence-corrected chi connectivity index (χ0v) is 14.4. The van der Waals surface area contributed by atoms with Crippen LogP contribution in [0.3, 0.4) is 0 Å². The fourth-order valence-electron chi connectivity index (χ4n) is 4.41. The topological polar surface area (TPSA) is 29.3 Å². The molecule has 1 aromatic carbocycles. The predicted molar refractivity (Wildman–Crippen MR) is 94.2 cm³/mol. The van der Waals surface area contributed by atoms with Gasteiger partial charge in [-0.15, -0.1) is 0 Å². The summed E-state index contributed by atoms with van der Waals surface area (Å²) in [6, 6.07) is 9.39. The number of likely N-dealkylation sites (tertiary alicyclic amines) is 1. The second kappa shape index (κ2) is 7.33. The SMILES string of the molecule is CCC(C1CCC1)N1CC(N)CC(Cc2cccc(Cl)c2)C1. The highest BCUT2D eigenvalue weighted by molar-refractivity contribution is 6.30. The largest absolute Gasteiger partial charge is 0.327 e. The monoisotopic (exact) mass is 320 g/mol. The van der Waals surface area contributed by atoms with Gasteiger partial charge in [0.15, 0.2) is 0 Å². The van der Waals surface area contributed by atoms with Crippen molar-refractivity contribution in [2.45, 2.75) is 57.5 Å². The third-order valence-corrected chi connectivity index (χ3v) is 5.83. The molecule has 1 saturated heterocycles. The lowest BCUT2D eigenvalue weighted by Gasteiger charge is -2.46. The maximum absolute atomic E-state index is 6.38. The smallest absolute Gasteiger partial charge is 0.0408 e. The van der Waals surface area contributed by atoms with Crippen LogP contribution in [0.5, 0.6) is 0 Å². The van der Waals surface area contributed by atoms with Gasteiger partial charge in [-0.2, -0.15) is 0 Å². The van der Waals surface area contributed by atoms with Gasteiger partial charge in [0, 0.05) is 30.2 Å². The van der Waals surface area contributed by atoms with Gasteiger partial charge in [0.25, 0.3) is 0 Å². The van der Waals surface area contributed by atoms with Crippen LogP contribution < -0.4 is 5.73 Å². The first kappa shape index (κ1) is 16.3. The van der Waals surface area contributed by atoms with Crippen molar-refractivity contribution in [3.63, 3.8) is 0 Å². The molecule has 3 atom stereocenters. The van der Waals surface area contributed by atoms with Gasteiger partial charge in [-0.3, -0.25) is 4.90 Å². The van der Waals surface area contributed by atoms with E-state index in [0.717, 1.165) is 36.4 Å². The summed E-state index contributed by atoms with van der Waals surface area (Å²) in [5.74, 6) is 1.58. The zero-order chi connectivity index (χ0) is 15.5. The van der Waals surface area contributed by atoms with Gasteiger partial charge < -0.3 is 5.73 Å². The minimum absolute atomic E-state index is 0.326. The molecule has 0 amide bonds. The van der Waals surface area contributed by atoms with E-state index in [-0.39, 0.29) is 0 Å². The maximum Gasteiger partial charge on any atom is 0.0408 e. The molecule has 0 radical (unpaired) electrons. The Hall–Kier alpha value is -0.570. The third kappa shape index (κ3) is 3.84. The number of benzene rings is 1. The molecule has 2 fully saturated rings. The van der Waals surface area contributed by atoms with E-state index in [9.17, 15) is 0 Å². The molecule has 0 bridgehead atoms. The summed E-state index contributed by atoms with van der Waals surface area (Å²) in [6.45, 7) is 4.63. The van der Waals surface area contributed by atoms with Crippen molar-refractivity contribution in [3.05, 3.63) is 34.9 Å². The number of nitrogens with two attached hydrogens (primary N) is 1. The van der Waals surface area contributed by atoms with E-state index >= 15 is 0 Å². The summed E-state index contributed by atoms with van der Waals surface area (Å²) >= 11 is 6.13. The second-order valence-corrected chi connectivity index (χ2v) is 7.75. The van der Waals surface area contributed by atoms with E-state index in [1.54, 1.807) is 0 Å². The van der Waals surface area contributed by atoms with Crippen molar-refractivity contribution in [2.75, 3.05) is 13.1 Å². The standard InChI is InChI=1S/C19H29ClN2/c1-2-19(16-6-4-7-16)22-12-15(11-18(21)13-22)9-14-5-3-8-17(20)10-14/h3,5,8,10,15-16,18-19H,2,4,6-7,9,11-13,21H2,1H3. The molecule has 2 nitrogen and oxygen atoms in total. The summed E-state index contributed by atoms with van der Waals surface area (Å²) in [6.07, 6.45) is 7.77. The molecule has 1 heterocycles. The third-order valence-electron chi connectivity index (χ3n) is 5.59. The first-order valence-corrected chi connectivity index (χ1v) is 9.27. The Morgan fingerprint density at radius 1 is 1.32 bits per heavy atom. The quantitative estimate of drug-likeness (QED) is 0.884.